The molecule has 2 fully saturated rings. The highest BCUT2D eigenvalue weighted by atomic mass is 16.2. The summed E-state index contributed by atoms with van der Waals surface area (Å²) in [4.78, 5) is 16.2. The van der Waals surface area contributed by atoms with Crippen LogP contribution in [0.25, 0.3) is 0 Å². The summed E-state index contributed by atoms with van der Waals surface area (Å²) in [5.74, 6) is 0.871. The standard InChI is InChI=1S/C17H23N7O/c25-17-18-8-10-23(17)15-7-4-9-22(12-15)13-16-19-20-21-24(16)11-14-5-2-1-3-6-14/h1-3,5-6,15H,4,7-13H2,(H,18,25)/t15-/m1/s1. The maximum atomic E-state index is 11.9. The number of benzene rings is 1. The van der Waals surface area contributed by atoms with E-state index in [1.807, 2.05) is 27.8 Å². The minimum Gasteiger partial charge on any atom is -0.336 e. The Hall–Kier alpha value is -2.48. The van der Waals surface area contributed by atoms with E-state index in [0.29, 0.717) is 13.1 Å². The van der Waals surface area contributed by atoms with Crippen LogP contribution in [0.4, 0.5) is 4.79 Å². The van der Waals surface area contributed by atoms with Gasteiger partial charge in [-0.05, 0) is 35.4 Å². The highest BCUT2D eigenvalue weighted by Crippen LogP contribution is 2.19. The summed E-state index contributed by atoms with van der Waals surface area (Å²) >= 11 is 0. The van der Waals surface area contributed by atoms with Crippen molar-refractivity contribution in [1.82, 2.24) is 35.3 Å². The predicted molar refractivity (Wildman–Crippen MR) is 91.8 cm³/mol. The molecule has 1 N–H and O–H groups in total. The van der Waals surface area contributed by atoms with Crippen LogP contribution >= 0.6 is 0 Å². The minimum absolute atomic E-state index is 0.0701. The first kappa shape index (κ1) is 16.0. The summed E-state index contributed by atoms with van der Waals surface area (Å²) < 4.78 is 1.86. The molecule has 0 spiro atoms. The second-order valence-electron chi connectivity index (χ2n) is 6.69. The molecule has 0 saturated carbocycles. The number of likely N-dealkylation sites (tertiary alicyclic amines) is 1. The van der Waals surface area contributed by atoms with E-state index in [0.717, 1.165) is 44.8 Å². The van der Waals surface area contributed by atoms with E-state index in [1.54, 1.807) is 0 Å². The molecule has 0 unspecified atom stereocenters. The smallest absolute Gasteiger partial charge is 0.317 e. The lowest BCUT2D eigenvalue weighted by Crippen LogP contribution is -2.48. The fourth-order valence-electron chi connectivity index (χ4n) is 3.68. The molecule has 2 aliphatic heterocycles. The van der Waals surface area contributed by atoms with Gasteiger partial charge in [-0.1, -0.05) is 30.3 Å². The molecule has 1 aromatic carbocycles. The molecular formula is C17H23N7O. The average molecular weight is 341 g/mol. The molecule has 1 atom stereocenters. The molecule has 0 bridgehead atoms. The molecule has 8 nitrogen and oxygen atoms in total. The van der Waals surface area contributed by atoms with Gasteiger partial charge in [-0.15, -0.1) is 5.10 Å². The van der Waals surface area contributed by atoms with Gasteiger partial charge < -0.3 is 10.2 Å². The molecule has 2 saturated heterocycles. The Balaban J connectivity index is 1.40. The summed E-state index contributed by atoms with van der Waals surface area (Å²) in [5, 5.41) is 15.1. The normalized spacial score (nSPS) is 21.5. The van der Waals surface area contributed by atoms with Gasteiger partial charge in [-0.2, -0.15) is 0 Å². The predicted octanol–water partition coefficient (Wildman–Crippen LogP) is 0.711. The topological polar surface area (TPSA) is 79.2 Å². The number of nitrogens with zero attached hydrogens (tertiary/aromatic N) is 6. The zero-order valence-corrected chi connectivity index (χ0v) is 14.2. The first-order valence-corrected chi connectivity index (χ1v) is 8.85. The number of tetrazole rings is 1. The Morgan fingerprint density at radius 1 is 1.16 bits per heavy atom. The van der Waals surface area contributed by atoms with E-state index >= 15 is 0 Å². The van der Waals surface area contributed by atoms with Gasteiger partial charge in [-0.3, -0.25) is 4.90 Å². The van der Waals surface area contributed by atoms with Crippen molar-refractivity contribution in [3.63, 3.8) is 0 Å². The van der Waals surface area contributed by atoms with Crippen molar-refractivity contribution in [3.05, 3.63) is 41.7 Å². The molecular weight excluding hydrogens is 318 g/mol. The summed E-state index contributed by atoms with van der Waals surface area (Å²) in [6, 6.07) is 10.6. The van der Waals surface area contributed by atoms with Crippen LogP contribution in [0.15, 0.2) is 30.3 Å². The van der Waals surface area contributed by atoms with Crippen LogP contribution in [0.2, 0.25) is 0 Å². The van der Waals surface area contributed by atoms with Crippen LogP contribution < -0.4 is 5.32 Å². The number of carbonyl (C=O) groups is 1. The first-order chi connectivity index (χ1) is 12.3. The van der Waals surface area contributed by atoms with Crippen LogP contribution in [0.1, 0.15) is 24.2 Å². The summed E-state index contributed by atoms with van der Waals surface area (Å²) in [6.45, 7) is 4.85. The van der Waals surface area contributed by atoms with Crippen molar-refractivity contribution >= 4 is 6.03 Å². The number of aromatic nitrogens is 4. The van der Waals surface area contributed by atoms with Crippen LogP contribution in [-0.4, -0.2) is 68.3 Å². The van der Waals surface area contributed by atoms with E-state index in [4.69, 9.17) is 0 Å². The summed E-state index contributed by atoms with van der Waals surface area (Å²) in [5.41, 5.74) is 1.18. The highest BCUT2D eigenvalue weighted by molar-refractivity contribution is 5.76. The Labute approximate surface area is 146 Å². The van der Waals surface area contributed by atoms with Gasteiger partial charge in [0.05, 0.1) is 13.1 Å². The number of hydrogen-bond donors (Lipinski definition) is 1. The zero-order valence-electron chi connectivity index (χ0n) is 14.2. The number of piperidine rings is 1. The van der Waals surface area contributed by atoms with Gasteiger partial charge in [0, 0.05) is 25.7 Å². The largest absolute Gasteiger partial charge is 0.336 e. The van der Waals surface area contributed by atoms with E-state index in [9.17, 15) is 4.79 Å². The van der Waals surface area contributed by atoms with Crippen molar-refractivity contribution < 1.29 is 4.79 Å². The molecule has 2 aromatic rings. The Bertz CT molecular complexity index is 717. The first-order valence-electron chi connectivity index (χ1n) is 8.85. The number of rotatable bonds is 5. The third kappa shape index (κ3) is 3.63. The van der Waals surface area contributed by atoms with Crippen LogP contribution in [-0.2, 0) is 13.1 Å². The molecule has 25 heavy (non-hydrogen) atoms. The second kappa shape index (κ2) is 7.18. The lowest BCUT2D eigenvalue weighted by molar-refractivity contribution is 0.119. The monoisotopic (exact) mass is 341 g/mol. The molecule has 0 radical (unpaired) electrons. The number of nitrogens with one attached hydrogen (secondary N) is 1. The molecule has 2 aliphatic rings. The van der Waals surface area contributed by atoms with Gasteiger partial charge in [0.25, 0.3) is 0 Å². The lowest BCUT2D eigenvalue weighted by Gasteiger charge is -2.36. The van der Waals surface area contributed by atoms with Crippen molar-refractivity contribution in [2.45, 2.75) is 32.0 Å². The van der Waals surface area contributed by atoms with Gasteiger partial charge in [0.2, 0.25) is 0 Å². The summed E-state index contributed by atoms with van der Waals surface area (Å²) in [7, 11) is 0. The van der Waals surface area contributed by atoms with E-state index in [-0.39, 0.29) is 12.1 Å². The summed E-state index contributed by atoms with van der Waals surface area (Å²) in [6.07, 6.45) is 2.16. The zero-order chi connectivity index (χ0) is 17.1. The number of urea groups is 1. The molecule has 132 valence electrons. The second-order valence-corrected chi connectivity index (χ2v) is 6.69. The van der Waals surface area contributed by atoms with E-state index < -0.39 is 0 Å². The molecule has 2 amide bonds. The molecule has 3 heterocycles. The molecule has 8 heteroatoms. The average Bonchev–Trinajstić information content (AvgIpc) is 3.25. The highest BCUT2D eigenvalue weighted by Gasteiger charge is 2.31. The fraction of sp³-hybridized carbons (Fsp3) is 0.529. The van der Waals surface area contributed by atoms with Crippen molar-refractivity contribution in [2.24, 2.45) is 0 Å². The fourth-order valence-corrected chi connectivity index (χ4v) is 3.68. The Morgan fingerprint density at radius 3 is 2.84 bits per heavy atom. The molecule has 4 rings (SSSR count). The van der Waals surface area contributed by atoms with Crippen LogP contribution in [0.3, 0.4) is 0 Å². The number of hydrogen-bond acceptors (Lipinski definition) is 5. The Morgan fingerprint density at radius 2 is 2.04 bits per heavy atom. The van der Waals surface area contributed by atoms with Gasteiger partial charge in [-0.25, -0.2) is 9.48 Å². The van der Waals surface area contributed by atoms with Crippen LogP contribution in [0.5, 0.6) is 0 Å². The van der Waals surface area contributed by atoms with Crippen molar-refractivity contribution in [2.75, 3.05) is 26.2 Å². The Kier molecular flexibility index (Phi) is 4.60. The molecule has 0 aliphatic carbocycles. The van der Waals surface area contributed by atoms with E-state index in [2.05, 4.69) is 37.9 Å². The maximum Gasteiger partial charge on any atom is 0.317 e. The number of amides is 2. The minimum atomic E-state index is 0.0701. The lowest BCUT2D eigenvalue weighted by atomic mass is 10.0. The maximum absolute atomic E-state index is 11.9. The van der Waals surface area contributed by atoms with Crippen molar-refractivity contribution in [1.29, 1.82) is 0 Å². The van der Waals surface area contributed by atoms with Gasteiger partial charge in [0.1, 0.15) is 0 Å². The van der Waals surface area contributed by atoms with Gasteiger partial charge >= 0.3 is 6.03 Å². The third-order valence-corrected chi connectivity index (χ3v) is 4.96. The third-order valence-electron chi connectivity index (χ3n) is 4.96. The quantitative estimate of drug-likeness (QED) is 0.866. The van der Waals surface area contributed by atoms with Crippen LogP contribution in [0, 0.1) is 0 Å². The van der Waals surface area contributed by atoms with Crippen molar-refractivity contribution in [3.8, 4) is 0 Å². The number of carbonyl (C=O) groups excluding carboxylic acids is 1. The van der Waals surface area contributed by atoms with Gasteiger partial charge in [0.15, 0.2) is 5.82 Å². The SMILES string of the molecule is O=C1NCCN1[C@@H]1CCCN(Cc2nnnn2Cc2ccccc2)C1. The molecule has 1 aromatic heterocycles. The van der Waals surface area contributed by atoms with E-state index in [1.165, 1.54) is 5.56 Å².